The van der Waals surface area contributed by atoms with Crippen LogP contribution >= 0.6 is 11.6 Å². The van der Waals surface area contributed by atoms with Crippen molar-refractivity contribution in [2.24, 2.45) is 7.05 Å². The SMILES string of the molecule is CN1CN(CCC(C)(C)O)c2cc(Nc3nc(N4CCC(Nc5ccc6c(c5)n(C)c(=O)n6C5CCC(=O)NC5=O)CC4)ncc3Cl)ccc21. The summed E-state index contributed by atoms with van der Waals surface area (Å²) in [7, 11) is 3.76. The van der Waals surface area contributed by atoms with Gasteiger partial charge in [-0.05, 0) is 75.9 Å². The van der Waals surface area contributed by atoms with Crippen molar-refractivity contribution in [1.29, 1.82) is 0 Å². The first kappa shape index (κ1) is 33.7. The van der Waals surface area contributed by atoms with E-state index in [0.29, 0.717) is 40.7 Å². The number of amides is 2. The van der Waals surface area contributed by atoms with Gasteiger partial charge in [-0.1, -0.05) is 11.6 Å². The smallest absolute Gasteiger partial charge is 0.329 e. The van der Waals surface area contributed by atoms with Gasteiger partial charge in [-0.25, -0.2) is 9.78 Å². The lowest BCUT2D eigenvalue weighted by atomic mass is 10.0. The van der Waals surface area contributed by atoms with E-state index < -0.39 is 17.6 Å². The van der Waals surface area contributed by atoms with Gasteiger partial charge in [0.05, 0.1) is 40.9 Å². The Morgan fingerprint density at radius 3 is 2.50 bits per heavy atom. The molecule has 4 aromatic rings. The molecule has 3 aliphatic heterocycles. The summed E-state index contributed by atoms with van der Waals surface area (Å²) in [5.74, 6) is 0.385. The molecule has 2 amide bonds. The van der Waals surface area contributed by atoms with Gasteiger partial charge in [0.1, 0.15) is 11.1 Å². The summed E-state index contributed by atoms with van der Waals surface area (Å²) in [6, 6.07) is 11.4. The fourth-order valence-electron chi connectivity index (χ4n) is 7.06. The lowest BCUT2D eigenvalue weighted by molar-refractivity contribution is -0.135. The first-order valence-electron chi connectivity index (χ1n) is 17.0. The monoisotopic (exact) mass is 702 g/mol. The minimum absolute atomic E-state index is 0.201. The third-order valence-corrected chi connectivity index (χ3v) is 10.1. The summed E-state index contributed by atoms with van der Waals surface area (Å²) >= 11 is 6.57. The molecule has 3 aliphatic rings. The van der Waals surface area contributed by atoms with Crippen LogP contribution in [-0.2, 0) is 16.6 Å². The van der Waals surface area contributed by atoms with Gasteiger partial charge in [-0.2, -0.15) is 4.98 Å². The standard InChI is InChI=1S/C35H43ClN10O4/c1-35(2,50)13-16-45-20-42(3)25-7-5-23(18-29(25)45)39-31-24(36)19-37-33(41-31)44-14-11-21(12-15-44)38-22-6-8-26-28(17-22)43(4)34(49)46(26)27-9-10-30(47)40-32(27)48/h5-8,17-19,21,27,38,50H,9-16,20H2,1-4H3,(H,37,39,41)(H,40,47,48). The Morgan fingerprint density at radius 2 is 1.76 bits per heavy atom. The number of hydrogen-bond donors (Lipinski definition) is 4. The van der Waals surface area contributed by atoms with Crippen LogP contribution in [-0.4, -0.2) is 81.0 Å². The number of imidazole rings is 1. The van der Waals surface area contributed by atoms with E-state index in [2.05, 4.69) is 54.8 Å². The number of nitrogens with one attached hydrogen (secondary N) is 3. The molecule has 0 saturated carbocycles. The number of benzene rings is 2. The van der Waals surface area contributed by atoms with E-state index in [1.807, 2.05) is 38.1 Å². The van der Waals surface area contributed by atoms with Crippen LogP contribution in [0, 0.1) is 0 Å². The second-order valence-electron chi connectivity index (χ2n) is 14.1. The van der Waals surface area contributed by atoms with Gasteiger partial charge in [0, 0.05) is 57.6 Å². The first-order chi connectivity index (χ1) is 23.8. The minimum Gasteiger partial charge on any atom is -0.390 e. The molecule has 7 rings (SSSR count). The molecule has 2 aromatic carbocycles. The fraction of sp³-hybridized carbons (Fsp3) is 0.457. The van der Waals surface area contributed by atoms with Gasteiger partial charge >= 0.3 is 5.69 Å². The maximum Gasteiger partial charge on any atom is 0.329 e. The number of aromatic nitrogens is 4. The number of fused-ring (bicyclic) bond motifs is 2. The molecular weight excluding hydrogens is 660 g/mol. The Labute approximate surface area is 295 Å². The molecule has 15 heteroatoms. The van der Waals surface area contributed by atoms with E-state index in [1.54, 1.807) is 17.8 Å². The van der Waals surface area contributed by atoms with Crippen LogP contribution in [0.15, 0.2) is 47.4 Å². The highest BCUT2D eigenvalue weighted by Gasteiger charge is 2.32. The Kier molecular flexibility index (Phi) is 8.85. The number of piperidine rings is 2. The van der Waals surface area contributed by atoms with Gasteiger partial charge in [-0.3, -0.25) is 24.0 Å². The molecule has 5 heterocycles. The number of halogens is 1. The molecule has 264 valence electrons. The Balaban J connectivity index is 1.00. The largest absolute Gasteiger partial charge is 0.390 e. The summed E-state index contributed by atoms with van der Waals surface area (Å²) in [4.78, 5) is 53.3. The molecule has 50 heavy (non-hydrogen) atoms. The molecular formula is C35H43ClN10O4. The van der Waals surface area contributed by atoms with E-state index in [9.17, 15) is 19.5 Å². The number of nitrogens with zero attached hydrogens (tertiary/aromatic N) is 7. The average molecular weight is 703 g/mol. The van der Waals surface area contributed by atoms with Crippen LogP contribution in [0.3, 0.4) is 0 Å². The summed E-state index contributed by atoms with van der Waals surface area (Å²) in [6.07, 6.45) is 4.49. The summed E-state index contributed by atoms with van der Waals surface area (Å²) < 4.78 is 3.04. The number of hydrogen-bond acceptors (Lipinski definition) is 11. The predicted molar refractivity (Wildman–Crippen MR) is 196 cm³/mol. The normalized spacial score (nSPS) is 18.5. The molecule has 0 spiro atoms. The second-order valence-corrected chi connectivity index (χ2v) is 14.6. The van der Waals surface area contributed by atoms with Crippen molar-refractivity contribution < 1.29 is 14.7 Å². The molecule has 0 bridgehead atoms. The van der Waals surface area contributed by atoms with E-state index in [4.69, 9.17) is 16.6 Å². The van der Waals surface area contributed by atoms with E-state index >= 15 is 0 Å². The number of rotatable bonds is 9. The fourth-order valence-corrected chi connectivity index (χ4v) is 7.20. The zero-order chi connectivity index (χ0) is 35.3. The lowest BCUT2D eigenvalue weighted by Crippen LogP contribution is -2.44. The van der Waals surface area contributed by atoms with Crippen molar-refractivity contribution in [1.82, 2.24) is 24.4 Å². The maximum atomic E-state index is 13.2. The van der Waals surface area contributed by atoms with E-state index in [-0.39, 0.29) is 24.1 Å². The van der Waals surface area contributed by atoms with Crippen molar-refractivity contribution in [3.63, 3.8) is 0 Å². The van der Waals surface area contributed by atoms with Gasteiger partial charge in [0.2, 0.25) is 17.8 Å². The number of aliphatic hydroxyl groups is 1. The van der Waals surface area contributed by atoms with Crippen LogP contribution in [0.1, 0.15) is 52.0 Å². The molecule has 1 unspecified atom stereocenters. The highest BCUT2D eigenvalue weighted by Crippen LogP contribution is 2.39. The van der Waals surface area contributed by atoms with E-state index in [0.717, 1.165) is 61.9 Å². The Bertz CT molecular complexity index is 2010. The van der Waals surface area contributed by atoms with Crippen molar-refractivity contribution in [3.05, 3.63) is 58.1 Å². The average Bonchev–Trinajstić information content (AvgIpc) is 3.52. The van der Waals surface area contributed by atoms with Crippen molar-refractivity contribution in [2.75, 3.05) is 58.7 Å². The molecule has 4 N–H and O–H groups in total. The third kappa shape index (κ3) is 6.69. The highest BCUT2D eigenvalue weighted by atomic mass is 35.5. The van der Waals surface area contributed by atoms with Crippen LogP contribution in [0.4, 0.5) is 34.5 Å². The third-order valence-electron chi connectivity index (χ3n) is 9.86. The topological polar surface area (TPSA) is 153 Å². The van der Waals surface area contributed by atoms with Gasteiger partial charge in [0.15, 0.2) is 5.82 Å². The van der Waals surface area contributed by atoms with Crippen molar-refractivity contribution in [3.8, 4) is 0 Å². The number of imide groups is 1. The molecule has 0 aliphatic carbocycles. The predicted octanol–water partition coefficient (Wildman–Crippen LogP) is 3.96. The highest BCUT2D eigenvalue weighted by molar-refractivity contribution is 6.32. The second kappa shape index (κ2) is 13.1. The zero-order valence-electron chi connectivity index (χ0n) is 28.7. The van der Waals surface area contributed by atoms with Crippen LogP contribution in [0.2, 0.25) is 5.02 Å². The molecule has 0 radical (unpaired) electrons. The van der Waals surface area contributed by atoms with Crippen molar-refractivity contribution in [2.45, 2.75) is 63.6 Å². The minimum atomic E-state index is -0.740. The first-order valence-corrected chi connectivity index (χ1v) is 17.4. The van der Waals surface area contributed by atoms with Crippen LogP contribution in [0.5, 0.6) is 0 Å². The number of aryl methyl sites for hydroxylation is 1. The zero-order valence-corrected chi connectivity index (χ0v) is 29.5. The number of carbonyl (C=O) groups excluding carboxylic acids is 2. The lowest BCUT2D eigenvalue weighted by Gasteiger charge is -2.33. The molecule has 2 fully saturated rings. The quantitative estimate of drug-likeness (QED) is 0.188. The summed E-state index contributed by atoms with van der Waals surface area (Å²) in [6.45, 7) is 6.64. The van der Waals surface area contributed by atoms with Crippen LogP contribution in [0.25, 0.3) is 11.0 Å². The number of anilines is 6. The molecule has 2 aromatic heterocycles. The van der Waals surface area contributed by atoms with Gasteiger partial charge in [0.25, 0.3) is 0 Å². The van der Waals surface area contributed by atoms with Crippen molar-refractivity contribution >= 4 is 69.0 Å². The maximum absolute atomic E-state index is 13.2. The van der Waals surface area contributed by atoms with Gasteiger partial charge in [-0.15, -0.1) is 0 Å². The molecule has 2 saturated heterocycles. The Morgan fingerprint density at radius 1 is 1.00 bits per heavy atom. The molecule has 1 atom stereocenters. The number of carbonyl (C=O) groups is 2. The van der Waals surface area contributed by atoms with Gasteiger partial charge < -0.3 is 30.4 Å². The van der Waals surface area contributed by atoms with E-state index in [1.165, 1.54) is 4.57 Å². The summed E-state index contributed by atoms with van der Waals surface area (Å²) in [5, 5.41) is 20.1. The molecule has 14 nitrogen and oxygen atoms in total. The van der Waals surface area contributed by atoms with Crippen LogP contribution < -0.4 is 36.3 Å². The summed E-state index contributed by atoms with van der Waals surface area (Å²) in [5.41, 5.74) is 4.33. The Hall–Kier alpha value is -4.82.